The van der Waals surface area contributed by atoms with Crippen molar-refractivity contribution in [1.29, 1.82) is 0 Å². The second-order valence-corrected chi connectivity index (χ2v) is 7.34. The Balaban J connectivity index is 1.53. The third kappa shape index (κ3) is 5.10. The monoisotopic (exact) mass is 392 g/mol. The van der Waals surface area contributed by atoms with Crippen LogP contribution in [0.5, 0.6) is 17.2 Å². The number of H-pyrrole nitrogens is 1. The molecule has 144 valence electrons. The first-order chi connectivity index (χ1) is 13.0. The number of benzene rings is 1. The van der Waals surface area contributed by atoms with Gasteiger partial charge in [-0.15, -0.1) is 0 Å². The molecular weight excluding hydrogens is 372 g/mol. The summed E-state index contributed by atoms with van der Waals surface area (Å²) >= 11 is 0. The standard InChI is InChI=1S/C18H20N2O6S/c1-2-5-24-17-8-19-13(6-14(17)21)9-27(23)10-18(22)20-12-3-4-15-16(7-12)26-11-25-15/h3-4,6-8H,2,5,9-11H2,1H3,(H,19,21)(H,20,22). The fourth-order valence-corrected chi connectivity index (χ4v) is 3.43. The van der Waals surface area contributed by atoms with Gasteiger partial charge in [0.25, 0.3) is 0 Å². The van der Waals surface area contributed by atoms with Crippen LogP contribution in [0.15, 0.2) is 35.3 Å². The summed E-state index contributed by atoms with van der Waals surface area (Å²) in [6.45, 7) is 2.55. The van der Waals surface area contributed by atoms with Gasteiger partial charge in [-0.2, -0.15) is 0 Å². The molecule has 1 aromatic carbocycles. The number of aromatic nitrogens is 1. The summed E-state index contributed by atoms with van der Waals surface area (Å²) in [5.74, 6) is 0.885. The van der Waals surface area contributed by atoms with Crippen molar-refractivity contribution in [2.75, 3.05) is 24.5 Å². The molecule has 0 saturated carbocycles. The number of pyridine rings is 1. The lowest BCUT2D eigenvalue weighted by Crippen LogP contribution is -2.21. The van der Waals surface area contributed by atoms with Gasteiger partial charge in [0.15, 0.2) is 17.2 Å². The van der Waals surface area contributed by atoms with Gasteiger partial charge in [-0.05, 0) is 18.6 Å². The molecule has 1 unspecified atom stereocenters. The summed E-state index contributed by atoms with van der Waals surface area (Å²) in [6.07, 6.45) is 2.25. The normalized spacial score (nSPS) is 13.2. The number of carbonyl (C=O) groups excluding carboxylic acids is 1. The van der Waals surface area contributed by atoms with Crippen LogP contribution in [0.3, 0.4) is 0 Å². The van der Waals surface area contributed by atoms with E-state index in [-0.39, 0.29) is 29.5 Å². The Labute approximate surface area is 158 Å². The highest BCUT2D eigenvalue weighted by Crippen LogP contribution is 2.34. The average molecular weight is 392 g/mol. The molecule has 1 aromatic heterocycles. The van der Waals surface area contributed by atoms with Crippen LogP contribution in [0.25, 0.3) is 0 Å². The minimum absolute atomic E-state index is 0.0673. The number of nitrogens with one attached hydrogen (secondary N) is 2. The molecular formula is C18H20N2O6S. The van der Waals surface area contributed by atoms with Crippen LogP contribution < -0.4 is 25.0 Å². The lowest BCUT2D eigenvalue weighted by molar-refractivity contribution is -0.113. The minimum atomic E-state index is -1.47. The number of amides is 1. The Morgan fingerprint density at radius 3 is 2.89 bits per heavy atom. The summed E-state index contributed by atoms with van der Waals surface area (Å²) < 4.78 is 28.0. The number of rotatable bonds is 8. The van der Waals surface area contributed by atoms with Crippen LogP contribution in [-0.2, 0) is 21.3 Å². The van der Waals surface area contributed by atoms with Crippen molar-refractivity contribution in [2.45, 2.75) is 19.1 Å². The maximum absolute atomic E-state index is 12.2. The summed E-state index contributed by atoms with van der Waals surface area (Å²) in [4.78, 5) is 26.9. The topological polar surface area (TPSA) is 107 Å². The Morgan fingerprint density at radius 2 is 2.11 bits per heavy atom. The van der Waals surface area contributed by atoms with Crippen molar-refractivity contribution in [3.63, 3.8) is 0 Å². The molecule has 1 aliphatic heterocycles. The second-order valence-electron chi connectivity index (χ2n) is 5.88. The molecule has 1 amide bonds. The van der Waals surface area contributed by atoms with E-state index >= 15 is 0 Å². The number of ether oxygens (including phenoxy) is 3. The molecule has 0 saturated heterocycles. The number of hydrogen-bond donors (Lipinski definition) is 2. The Morgan fingerprint density at radius 1 is 1.30 bits per heavy atom. The lowest BCUT2D eigenvalue weighted by atomic mass is 10.3. The van der Waals surface area contributed by atoms with Gasteiger partial charge in [-0.25, -0.2) is 0 Å². The van der Waals surface area contributed by atoms with E-state index in [0.717, 1.165) is 6.42 Å². The molecule has 2 heterocycles. The number of anilines is 1. The van der Waals surface area contributed by atoms with Gasteiger partial charge in [0.2, 0.25) is 18.1 Å². The van der Waals surface area contributed by atoms with Gasteiger partial charge >= 0.3 is 0 Å². The number of fused-ring (bicyclic) bond motifs is 1. The molecule has 1 atom stereocenters. The first kappa shape index (κ1) is 19.0. The lowest BCUT2D eigenvalue weighted by Gasteiger charge is -2.07. The predicted octanol–water partition coefficient (Wildman–Crippen LogP) is 1.78. The van der Waals surface area contributed by atoms with Gasteiger partial charge < -0.3 is 24.5 Å². The fourth-order valence-electron chi connectivity index (χ4n) is 2.45. The molecule has 0 radical (unpaired) electrons. The zero-order chi connectivity index (χ0) is 19.2. The molecule has 0 bridgehead atoms. The molecule has 27 heavy (non-hydrogen) atoms. The van der Waals surface area contributed by atoms with E-state index in [9.17, 15) is 13.8 Å². The highest BCUT2D eigenvalue weighted by molar-refractivity contribution is 7.84. The summed E-state index contributed by atoms with van der Waals surface area (Å²) in [5, 5.41) is 2.67. The van der Waals surface area contributed by atoms with Crippen LogP contribution in [0.4, 0.5) is 5.69 Å². The van der Waals surface area contributed by atoms with E-state index in [4.69, 9.17) is 14.2 Å². The third-order valence-corrected chi connectivity index (χ3v) is 4.88. The first-order valence-electron chi connectivity index (χ1n) is 8.44. The van der Waals surface area contributed by atoms with Crippen LogP contribution in [0, 0.1) is 0 Å². The molecule has 1 aliphatic rings. The Kier molecular flexibility index (Phi) is 6.12. The molecule has 3 rings (SSSR count). The van der Waals surface area contributed by atoms with E-state index in [1.54, 1.807) is 18.2 Å². The second kappa shape index (κ2) is 8.72. The van der Waals surface area contributed by atoms with Gasteiger partial charge in [-0.1, -0.05) is 6.92 Å². The van der Waals surface area contributed by atoms with E-state index < -0.39 is 16.7 Å². The largest absolute Gasteiger partial charge is 0.488 e. The van der Waals surface area contributed by atoms with Crippen LogP contribution in [-0.4, -0.2) is 34.3 Å². The summed E-state index contributed by atoms with van der Waals surface area (Å²) in [5.41, 5.74) is 0.740. The number of aromatic amines is 1. The molecule has 2 N–H and O–H groups in total. The van der Waals surface area contributed by atoms with Crippen molar-refractivity contribution in [3.05, 3.63) is 46.4 Å². The molecule has 9 heteroatoms. The van der Waals surface area contributed by atoms with Gasteiger partial charge in [-0.3, -0.25) is 13.8 Å². The van der Waals surface area contributed by atoms with Crippen molar-refractivity contribution in [1.82, 2.24) is 4.98 Å². The van der Waals surface area contributed by atoms with Gasteiger partial charge in [0, 0.05) is 40.5 Å². The van der Waals surface area contributed by atoms with Crippen molar-refractivity contribution in [2.24, 2.45) is 0 Å². The van der Waals surface area contributed by atoms with Crippen molar-refractivity contribution in [3.8, 4) is 17.2 Å². The van der Waals surface area contributed by atoms with Crippen molar-refractivity contribution >= 4 is 22.4 Å². The minimum Gasteiger partial charge on any atom is -0.488 e. The average Bonchev–Trinajstić information content (AvgIpc) is 3.08. The van der Waals surface area contributed by atoms with Crippen molar-refractivity contribution < 1.29 is 23.2 Å². The van der Waals surface area contributed by atoms with E-state index in [2.05, 4.69) is 10.3 Å². The Bertz CT molecular complexity index is 911. The maximum Gasteiger partial charge on any atom is 0.237 e. The smallest absolute Gasteiger partial charge is 0.237 e. The maximum atomic E-state index is 12.2. The highest BCUT2D eigenvalue weighted by Gasteiger charge is 2.15. The molecule has 2 aromatic rings. The quantitative estimate of drug-likeness (QED) is 0.709. The molecule has 8 nitrogen and oxygen atoms in total. The van der Waals surface area contributed by atoms with E-state index in [0.29, 0.717) is 29.5 Å². The fraction of sp³-hybridized carbons (Fsp3) is 0.333. The first-order valence-corrected chi connectivity index (χ1v) is 9.93. The Hall–Kier alpha value is -2.81. The van der Waals surface area contributed by atoms with Gasteiger partial charge in [0.1, 0.15) is 5.75 Å². The zero-order valence-electron chi connectivity index (χ0n) is 14.8. The molecule has 0 fully saturated rings. The van der Waals surface area contributed by atoms with Crippen LogP contribution >= 0.6 is 0 Å². The summed E-state index contributed by atoms with van der Waals surface area (Å²) in [6, 6.07) is 6.37. The predicted molar refractivity (Wildman–Crippen MR) is 101 cm³/mol. The molecule has 0 spiro atoms. The number of carbonyl (C=O) groups is 1. The zero-order valence-corrected chi connectivity index (χ0v) is 15.6. The van der Waals surface area contributed by atoms with Crippen LogP contribution in [0.2, 0.25) is 0 Å². The SMILES string of the molecule is CCCOc1c[nH]c(CS(=O)CC(=O)Nc2ccc3c(c2)OCO3)cc1=O. The third-order valence-electron chi connectivity index (χ3n) is 3.66. The summed E-state index contributed by atoms with van der Waals surface area (Å²) in [7, 11) is -1.47. The highest BCUT2D eigenvalue weighted by atomic mass is 32.2. The van der Waals surface area contributed by atoms with E-state index in [1.807, 2.05) is 6.92 Å². The molecule has 0 aliphatic carbocycles. The van der Waals surface area contributed by atoms with Gasteiger partial charge in [0.05, 0.1) is 12.4 Å². The number of hydrogen-bond acceptors (Lipinski definition) is 6. The van der Waals surface area contributed by atoms with E-state index in [1.165, 1.54) is 12.3 Å². The van der Waals surface area contributed by atoms with Crippen LogP contribution in [0.1, 0.15) is 19.0 Å².